The van der Waals surface area contributed by atoms with E-state index in [1.165, 1.54) is 35.9 Å². The molecule has 0 saturated heterocycles. The van der Waals surface area contributed by atoms with Gasteiger partial charge >= 0.3 is 0 Å². The van der Waals surface area contributed by atoms with Crippen LogP contribution in [0, 0.1) is 11.6 Å². The molecular formula is C26H26F2N2O. The summed E-state index contributed by atoms with van der Waals surface area (Å²) in [5, 5.41) is 0. The fourth-order valence-electron chi connectivity index (χ4n) is 4.19. The van der Waals surface area contributed by atoms with Crippen molar-refractivity contribution in [1.82, 2.24) is 4.90 Å². The van der Waals surface area contributed by atoms with Gasteiger partial charge in [-0.1, -0.05) is 18.2 Å². The molecule has 0 spiro atoms. The van der Waals surface area contributed by atoms with Gasteiger partial charge in [-0.15, -0.1) is 0 Å². The van der Waals surface area contributed by atoms with Gasteiger partial charge in [-0.2, -0.15) is 0 Å². The predicted octanol–water partition coefficient (Wildman–Crippen LogP) is 5.41. The maximum absolute atomic E-state index is 13.8. The van der Waals surface area contributed by atoms with Gasteiger partial charge in [0.25, 0.3) is 0 Å². The Labute approximate surface area is 181 Å². The van der Waals surface area contributed by atoms with Crippen molar-refractivity contribution in [3.8, 4) is 0 Å². The van der Waals surface area contributed by atoms with Crippen LogP contribution in [0.25, 0.3) is 0 Å². The number of ketones is 1. The van der Waals surface area contributed by atoms with Crippen molar-refractivity contribution in [2.75, 3.05) is 31.6 Å². The third-order valence-electron chi connectivity index (χ3n) is 5.78. The number of fused-ring (bicyclic) bond motifs is 2. The summed E-state index contributed by atoms with van der Waals surface area (Å²) >= 11 is 0. The molecule has 0 aliphatic carbocycles. The van der Waals surface area contributed by atoms with Gasteiger partial charge in [0.2, 0.25) is 0 Å². The first-order valence-corrected chi connectivity index (χ1v) is 10.6. The zero-order valence-electron chi connectivity index (χ0n) is 17.7. The van der Waals surface area contributed by atoms with Crippen molar-refractivity contribution < 1.29 is 13.6 Å². The molecule has 0 radical (unpaired) electrons. The Morgan fingerprint density at radius 1 is 0.903 bits per heavy atom. The third kappa shape index (κ3) is 5.00. The minimum Gasteiger partial charge on any atom is -0.341 e. The van der Waals surface area contributed by atoms with Crippen LogP contribution in [-0.4, -0.2) is 37.4 Å². The SMILES string of the molecule is CN(CCCN1c2ccccc2CCc2cc(F)ccc21)CC(=O)c1ccc(F)cc1. The molecule has 3 nitrogen and oxygen atoms in total. The summed E-state index contributed by atoms with van der Waals surface area (Å²) in [6, 6.07) is 19.0. The Hall–Kier alpha value is -3.05. The lowest BCUT2D eigenvalue weighted by atomic mass is 10.0. The lowest BCUT2D eigenvalue weighted by molar-refractivity contribution is 0.0946. The number of halogens is 2. The second kappa shape index (κ2) is 9.40. The van der Waals surface area contributed by atoms with Gasteiger partial charge in [0.05, 0.1) is 6.54 Å². The summed E-state index contributed by atoms with van der Waals surface area (Å²) in [6.45, 7) is 1.79. The van der Waals surface area contributed by atoms with Gasteiger partial charge in [0.15, 0.2) is 5.78 Å². The number of aryl methyl sites for hydroxylation is 2. The van der Waals surface area contributed by atoms with E-state index in [4.69, 9.17) is 0 Å². The van der Waals surface area contributed by atoms with Crippen molar-refractivity contribution in [2.24, 2.45) is 0 Å². The molecule has 5 heteroatoms. The van der Waals surface area contributed by atoms with Crippen LogP contribution >= 0.6 is 0 Å². The van der Waals surface area contributed by atoms with Crippen molar-refractivity contribution in [3.05, 3.63) is 95.1 Å². The minimum absolute atomic E-state index is 0.0246. The van der Waals surface area contributed by atoms with Gasteiger partial charge in [0.1, 0.15) is 11.6 Å². The van der Waals surface area contributed by atoms with Crippen LogP contribution in [0.2, 0.25) is 0 Å². The second-order valence-corrected chi connectivity index (χ2v) is 8.07. The largest absolute Gasteiger partial charge is 0.341 e. The number of hydrogen-bond acceptors (Lipinski definition) is 3. The quantitative estimate of drug-likeness (QED) is 0.478. The molecule has 1 heterocycles. The number of Topliss-reactive ketones (excluding diaryl/α,β-unsaturated/α-hetero) is 1. The van der Waals surface area contributed by atoms with E-state index in [9.17, 15) is 13.6 Å². The summed E-state index contributed by atoms with van der Waals surface area (Å²) in [7, 11) is 1.92. The lowest BCUT2D eigenvalue weighted by Gasteiger charge is -2.28. The van der Waals surface area contributed by atoms with Crippen molar-refractivity contribution in [2.45, 2.75) is 19.3 Å². The monoisotopic (exact) mass is 420 g/mol. The highest BCUT2D eigenvalue weighted by atomic mass is 19.1. The Kier molecular flexibility index (Phi) is 6.42. The van der Waals surface area contributed by atoms with E-state index in [-0.39, 0.29) is 24.0 Å². The molecule has 1 aliphatic heterocycles. The van der Waals surface area contributed by atoms with Gasteiger partial charge < -0.3 is 4.90 Å². The average Bonchev–Trinajstić information content (AvgIpc) is 2.91. The summed E-state index contributed by atoms with van der Waals surface area (Å²) in [6.07, 6.45) is 2.54. The normalized spacial score (nSPS) is 13.0. The molecule has 0 amide bonds. The highest BCUT2D eigenvalue weighted by molar-refractivity contribution is 5.97. The second-order valence-electron chi connectivity index (χ2n) is 8.07. The van der Waals surface area contributed by atoms with Crippen molar-refractivity contribution >= 4 is 17.2 Å². The summed E-state index contributed by atoms with van der Waals surface area (Å²) < 4.78 is 26.9. The molecule has 3 aromatic carbocycles. The first-order valence-electron chi connectivity index (χ1n) is 10.6. The van der Waals surface area contributed by atoms with Crippen molar-refractivity contribution in [1.29, 1.82) is 0 Å². The molecule has 0 fully saturated rings. The molecular weight excluding hydrogens is 394 g/mol. The third-order valence-corrected chi connectivity index (χ3v) is 5.78. The van der Waals surface area contributed by atoms with Crippen LogP contribution in [0.15, 0.2) is 66.7 Å². The highest BCUT2D eigenvalue weighted by Gasteiger charge is 2.21. The Bertz CT molecular complexity index is 1070. The summed E-state index contributed by atoms with van der Waals surface area (Å²) in [5.74, 6) is -0.574. The summed E-state index contributed by atoms with van der Waals surface area (Å²) in [4.78, 5) is 16.7. The molecule has 3 aromatic rings. The van der Waals surface area contributed by atoms with Crippen molar-refractivity contribution in [3.63, 3.8) is 0 Å². The number of benzene rings is 3. The zero-order valence-corrected chi connectivity index (χ0v) is 17.7. The molecule has 160 valence electrons. The zero-order chi connectivity index (χ0) is 21.8. The molecule has 0 aromatic heterocycles. The molecule has 0 bridgehead atoms. The van der Waals surface area contributed by atoms with E-state index in [0.29, 0.717) is 5.56 Å². The summed E-state index contributed by atoms with van der Waals surface area (Å²) in [5.41, 5.74) is 5.02. The Balaban J connectivity index is 1.43. The first-order chi connectivity index (χ1) is 15.0. The van der Waals surface area contributed by atoms with E-state index < -0.39 is 0 Å². The molecule has 0 saturated carbocycles. The van der Waals surface area contributed by atoms with Crippen LogP contribution in [0.1, 0.15) is 27.9 Å². The maximum atomic E-state index is 13.8. The molecule has 1 aliphatic rings. The lowest BCUT2D eigenvalue weighted by Crippen LogP contribution is -2.30. The van der Waals surface area contributed by atoms with Crippen LogP contribution < -0.4 is 4.90 Å². The first kappa shape index (κ1) is 21.2. The van der Waals surface area contributed by atoms with Crippen LogP contribution in [-0.2, 0) is 12.8 Å². The number of likely N-dealkylation sites (N-methyl/N-ethyl adjacent to an activating group) is 1. The number of anilines is 2. The molecule has 0 unspecified atom stereocenters. The fraction of sp³-hybridized carbons (Fsp3) is 0.269. The number of carbonyl (C=O) groups is 1. The molecule has 0 atom stereocenters. The van der Waals surface area contributed by atoms with E-state index in [0.717, 1.165) is 49.3 Å². The van der Waals surface area contributed by atoms with Crippen LogP contribution in [0.3, 0.4) is 0 Å². The van der Waals surface area contributed by atoms with Crippen LogP contribution in [0.4, 0.5) is 20.2 Å². The van der Waals surface area contributed by atoms with Gasteiger partial charge in [0, 0.05) is 30.0 Å². The number of nitrogens with zero attached hydrogens (tertiary/aromatic N) is 2. The van der Waals surface area contributed by atoms with E-state index >= 15 is 0 Å². The molecule has 31 heavy (non-hydrogen) atoms. The highest BCUT2D eigenvalue weighted by Crippen LogP contribution is 2.36. The Morgan fingerprint density at radius 2 is 1.58 bits per heavy atom. The van der Waals surface area contributed by atoms with Gasteiger partial charge in [-0.05, 0) is 86.0 Å². The van der Waals surface area contributed by atoms with Crippen LogP contribution in [0.5, 0.6) is 0 Å². The predicted molar refractivity (Wildman–Crippen MR) is 120 cm³/mol. The number of carbonyl (C=O) groups excluding carboxylic acids is 1. The van der Waals surface area contributed by atoms with E-state index in [1.807, 2.05) is 30.1 Å². The number of rotatable bonds is 7. The maximum Gasteiger partial charge on any atom is 0.176 e. The smallest absolute Gasteiger partial charge is 0.176 e. The number of para-hydroxylation sites is 1. The molecule has 4 rings (SSSR count). The topological polar surface area (TPSA) is 23.6 Å². The standard InChI is InChI=1S/C26H26F2N2O/c1-29(18-26(31)20-9-11-22(27)12-10-20)15-4-16-30-24-6-3-2-5-19(24)7-8-21-17-23(28)13-14-25(21)30/h2-3,5-6,9-14,17H,4,7-8,15-16,18H2,1H3. The van der Waals surface area contributed by atoms with E-state index in [1.54, 1.807) is 6.07 Å². The van der Waals surface area contributed by atoms with Gasteiger partial charge in [-0.25, -0.2) is 8.78 Å². The Morgan fingerprint density at radius 3 is 2.39 bits per heavy atom. The van der Waals surface area contributed by atoms with Gasteiger partial charge in [-0.3, -0.25) is 9.69 Å². The fourth-order valence-corrected chi connectivity index (χ4v) is 4.19. The van der Waals surface area contributed by atoms with E-state index in [2.05, 4.69) is 17.0 Å². The average molecular weight is 421 g/mol. The molecule has 0 N–H and O–H groups in total. The minimum atomic E-state index is -0.345. The number of hydrogen-bond donors (Lipinski definition) is 0.